The zero-order chi connectivity index (χ0) is 13.0. The summed E-state index contributed by atoms with van der Waals surface area (Å²) in [4.78, 5) is 2.58. The van der Waals surface area contributed by atoms with E-state index in [4.69, 9.17) is 0 Å². The number of hydrogen-bond acceptors (Lipinski definition) is 3. The zero-order valence-electron chi connectivity index (χ0n) is 11.9. The quantitative estimate of drug-likeness (QED) is 0.854. The van der Waals surface area contributed by atoms with E-state index < -0.39 is 0 Å². The van der Waals surface area contributed by atoms with Gasteiger partial charge in [-0.15, -0.1) is 0 Å². The Kier molecular flexibility index (Phi) is 4.78. The fourth-order valence-corrected chi connectivity index (χ4v) is 2.74. The first-order valence-electron chi connectivity index (χ1n) is 7.07. The van der Waals surface area contributed by atoms with E-state index in [2.05, 4.69) is 35.2 Å². The number of aryl methyl sites for hydroxylation is 1. The molecule has 1 aromatic rings. The number of rotatable bonds is 5. The van der Waals surface area contributed by atoms with Crippen molar-refractivity contribution in [3.8, 4) is 0 Å². The molecule has 4 nitrogen and oxygen atoms in total. The maximum atomic E-state index is 4.22. The van der Waals surface area contributed by atoms with Crippen molar-refractivity contribution < 1.29 is 0 Å². The first kappa shape index (κ1) is 13.6. The van der Waals surface area contributed by atoms with Gasteiger partial charge in [0.2, 0.25) is 0 Å². The molecule has 1 aromatic heterocycles. The van der Waals surface area contributed by atoms with Crippen LogP contribution in [-0.2, 0) is 13.5 Å². The van der Waals surface area contributed by atoms with Crippen molar-refractivity contribution in [3.63, 3.8) is 0 Å². The minimum atomic E-state index is 0.672. The van der Waals surface area contributed by atoms with Gasteiger partial charge < -0.3 is 10.2 Å². The van der Waals surface area contributed by atoms with E-state index in [0.717, 1.165) is 25.4 Å². The molecule has 1 N–H and O–H groups in total. The summed E-state index contributed by atoms with van der Waals surface area (Å²) in [5.41, 5.74) is 1.33. The van der Waals surface area contributed by atoms with Crippen LogP contribution in [0, 0.1) is 5.92 Å². The van der Waals surface area contributed by atoms with Gasteiger partial charge in [-0.3, -0.25) is 4.68 Å². The van der Waals surface area contributed by atoms with Gasteiger partial charge in [0.15, 0.2) is 0 Å². The van der Waals surface area contributed by atoms with Crippen LogP contribution in [0.25, 0.3) is 0 Å². The minimum Gasteiger partial charge on any atom is -0.311 e. The highest BCUT2D eigenvalue weighted by atomic mass is 15.3. The molecule has 1 fully saturated rings. The van der Waals surface area contributed by atoms with Gasteiger partial charge in [0.25, 0.3) is 0 Å². The SMILES string of the molecule is CC(C)CC1CN(CCc2ccnn2C)CCN1. The smallest absolute Gasteiger partial charge is 0.0492 e. The van der Waals surface area contributed by atoms with Crippen LogP contribution in [0.5, 0.6) is 0 Å². The average Bonchev–Trinajstić information content (AvgIpc) is 2.72. The molecule has 1 unspecified atom stereocenters. The van der Waals surface area contributed by atoms with Crippen LogP contribution in [-0.4, -0.2) is 46.9 Å². The molecule has 0 amide bonds. The maximum absolute atomic E-state index is 4.22. The fourth-order valence-electron chi connectivity index (χ4n) is 2.74. The van der Waals surface area contributed by atoms with E-state index in [-0.39, 0.29) is 0 Å². The lowest BCUT2D eigenvalue weighted by molar-refractivity contribution is 0.187. The van der Waals surface area contributed by atoms with Crippen molar-refractivity contribution in [2.45, 2.75) is 32.7 Å². The Morgan fingerprint density at radius 3 is 3.00 bits per heavy atom. The highest BCUT2D eigenvalue weighted by molar-refractivity contribution is 5.00. The van der Waals surface area contributed by atoms with Crippen LogP contribution in [0.1, 0.15) is 26.0 Å². The largest absolute Gasteiger partial charge is 0.311 e. The summed E-state index contributed by atoms with van der Waals surface area (Å²) in [5.74, 6) is 0.777. The summed E-state index contributed by atoms with van der Waals surface area (Å²) in [5, 5.41) is 7.85. The predicted octanol–water partition coefficient (Wildman–Crippen LogP) is 1.28. The van der Waals surface area contributed by atoms with Gasteiger partial charge in [-0.05, 0) is 18.4 Å². The number of nitrogens with zero attached hydrogens (tertiary/aromatic N) is 3. The molecule has 1 saturated heterocycles. The van der Waals surface area contributed by atoms with Crippen LogP contribution in [0.4, 0.5) is 0 Å². The van der Waals surface area contributed by atoms with E-state index in [9.17, 15) is 0 Å². The average molecular weight is 250 g/mol. The summed E-state index contributed by atoms with van der Waals surface area (Å²) in [7, 11) is 2.02. The first-order chi connectivity index (χ1) is 8.65. The van der Waals surface area contributed by atoms with Gasteiger partial charge in [0, 0.05) is 57.6 Å². The normalized spacial score (nSPS) is 21.7. The molecule has 1 aliphatic heterocycles. The number of nitrogens with one attached hydrogen (secondary N) is 1. The second-order valence-electron chi connectivity index (χ2n) is 5.78. The topological polar surface area (TPSA) is 33.1 Å². The van der Waals surface area contributed by atoms with Crippen molar-refractivity contribution in [2.75, 3.05) is 26.2 Å². The third-order valence-corrected chi connectivity index (χ3v) is 3.70. The van der Waals surface area contributed by atoms with Crippen molar-refractivity contribution >= 4 is 0 Å². The van der Waals surface area contributed by atoms with Crippen LogP contribution in [0.15, 0.2) is 12.3 Å². The first-order valence-corrected chi connectivity index (χ1v) is 7.07. The lowest BCUT2D eigenvalue weighted by atomic mass is 10.0. The lowest BCUT2D eigenvalue weighted by Crippen LogP contribution is -2.51. The highest BCUT2D eigenvalue weighted by Gasteiger charge is 2.19. The van der Waals surface area contributed by atoms with Crippen LogP contribution >= 0.6 is 0 Å². The second-order valence-corrected chi connectivity index (χ2v) is 5.78. The summed E-state index contributed by atoms with van der Waals surface area (Å²) in [6.07, 6.45) is 4.27. The van der Waals surface area contributed by atoms with E-state index in [0.29, 0.717) is 6.04 Å². The number of hydrogen-bond donors (Lipinski definition) is 1. The Morgan fingerprint density at radius 1 is 1.50 bits per heavy atom. The molecular weight excluding hydrogens is 224 g/mol. The third kappa shape index (κ3) is 3.82. The minimum absolute atomic E-state index is 0.672. The third-order valence-electron chi connectivity index (χ3n) is 3.70. The summed E-state index contributed by atoms with van der Waals surface area (Å²) in [6.45, 7) is 9.24. The van der Waals surface area contributed by atoms with Gasteiger partial charge >= 0.3 is 0 Å². The van der Waals surface area contributed by atoms with Crippen molar-refractivity contribution in [3.05, 3.63) is 18.0 Å². The maximum Gasteiger partial charge on any atom is 0.0492 e. The number of aromatic nitrogens is 2. The molecule has 0 bridgehead atoms. The Balaban J connectivity index is 1.77. The van der Waals surface area contributed by atoms with Gasteiger partial charge in [-0.2, -0.15) is 5.10 Å². The number of piperazine rings is 1. The van der Waals surface area contributed by atoms with E-state index in [1.165, 1.54) is 25.2 Å². The van der Waals surface area contributed by atoms with Gasteiger partial charge in [0.1, 0.15) is 0 Å². The molecule has 0 saturated carbocycles. The van der Waals surface area contributed by atoms with E-state index >= 15 is 0 Å². The molecule has 0 radical (unpaired) electrons. The molecule has 4 heteroatoms. The Morgan fingerprint density at radius 2 is 2.33 bits per heavy atom. The Labute approximate surface area is 110 Å². The Hall–Kier alpha value is -0.870. The van der Waals surface area contributed by atoms with Gasteiger partial charge in [0.05, 0.1) is 0 Å². The van der Waals surface area contributed by atoms with Crippen LogP contribution in [0.2, 0.25) is 0 Å². The zero-order valence-corrected chi connectivity index (χ0v) is 11.9. The molecule has 0 spiro atoms. The molecule has 2 heterocycles. The van der Waals surface area contributed by atoms with Crippen LogP contribution in [0.3, 0.4) is 0 Å². The predicted molar refractivity (Wildman–Crippen MR) is 74.6 cm³/mol. The highest BCUT2D eigenvalue weighted by Crippen LogP contribution is 2.10. The monoisotopic (exact) mass is 250 g/mol. The van der Waals surface area contributed by atoms with Crippen molar-refractivity contribution in [1.82, 2.24) is 20.0 Å². The lowest BCUT2D eigenvalue weighted by Gasteiger charge is -2.34. The summed E-state index contributed by atoms with van der Waals surface area (Å²) < 4.78 is 1.98. The van der Waals surface area contributed by atoms with Crippen molar-refractivity contribution in [2.24, 2.45) is 13.0 Å². The Bertz CT molecular complexity index is 358. The second kappa shape index (κ2) is 6.34. The standard InChI is InChI=1S/C14H26N4/c1-12(2)10-13-11-18(9-7-15-13)8-5-14-4-6-16-17(14)3/h4,6,12-13,15H,5,7-11H2,1-3H3. The molecule has 0 aromatic carbocycles. The molecular formula is C14H26N4. The molecule has 0 aliphatic carbocycles. The van der Waals surface area contributed by atoms with E-state index in [1.54, 1.807) is 0 Å². The molecule has 1 aliphatic rings. The fraction of sp³-hybridized carbons (Fsp3) is 0.786. The molecule has 102 valence electrons. The van der Waals surface area contributed by atoms with Crippen molar-refractivity contribution in [1.29, 1.82) is 0 Å². The van der Waals surface area contributed by atoms with Gasteiger partial charge in [-0.1, -0.05) is 13.8 Å². The molecule has 18 heavy (non-hydrogen) atoms. The molecule has 2 rings (SSSR count). The molecule has 1 atom stereocenters. The summed E-state index contributed by atoms with van der Waals surface area (Å²) >= 11 is 0. The van der Waals surface area contributed by atoms with E-state index in [1.807, 2.05) is 17.9 Å². The van der Waals surface area contributed by atoms with Gasteiger partial charge in [-0.25, -0.2) is 0 Å². The summed E-state index contributed by atoms with van der Waals surface area (Å²) in [6, 6.07) is 2.79. The van der Waals surface area contributed by atoms with Crippen LogP contribution < -0.4 is 5.32 Å².